The number of aromatic hydroxyl groups is 1. The maximum Gasteiger partial charge on any atom is 0.255 e. The van der Waals surface area contributed by atoms with Crippen LogP contribution in [0.25, 0.3) is 0 Å². The van der Waals surface area contributed by atoms with Crippen molar-refractivity contribution in [2.75, 3.05) is 40.1 Å². The zero-order valence-electron chi connectivity index (χ0n) is 20.9. The van der Waals surface area contributed by atoms with E-state index in [1.54, 1.807) is 33.1 Å². The molecule has 0 saturated heterocycles. The van der Waals surface area contributed by atoms with Crippen molar-refractivity contribution in [3.63, 3.8) is 0 Å². The van der Waals surface area contributed by atoms with Crippen LogP contribution in [0.3, 0.4) is 0 Å². The number of phenols is 1. The van der Waals surface area contributed by atoms with Crippen LogP contribution >= 0.6 is 0 Å². The molecule has 4 rings (SSSR count). The van der Waals surface area contributed by atoms with Crippen molar-refractivity contribution in [2.45, 2.75) is 24.5 Å². The molecule has 12 nitrogen and oxygen atoms in total. The first-order valence-corrected chi connectivity index (χ1v) is 11.7. The summed E-state index contributed by atoms with van der Waals surface area (Å²) in [5, 5.41) is 46.9. The van der Waals surface area contributed by atoms with Crippen molar-refractivity contribution >= 4 is 29.1 Å². The maximum absolute atomic E-state index is 13.6. The predicted molar refractivity (Wildman–Crippen MR) is 131 cm³/mol. The van der Waals surface area contributed by atoms with Gasteiger partial charge in [0.05, 0.1) is 18.2 Å². The van der Waals surface area contributed by atoms with Gasteiger partial charge >= 0.3 is 0 Å². The van der Waals surface area contributed by atoms with Gasteiger partial charge in [0.1, 0.15) is 22.8 Å². The Morgan fingerprint density at radius 1 is 1.14 bits per heavy atom. The number of Topliss-reactive ketones (excluding diaryl/α,β-unsaturated/α-hetero) is 2. The van der Waals surface area contributed by atoms with Crippen molar-refractivity contribution in [1.29, 1.82) is 0 Å². The van der Waals surface area contributed by atoms with Crippen LogP contribution in [0.4, 0.5) is 5.69 Å². The van der Waals surface area contributed by atoms with Gasteiger partial charge in [0.15, 0.2) is 11.4 Å². The number of carbonyl (C=O) groups excluding carboxylic acids is 4. The Balaban J connectivity index is 1.88. The van der Waals surface area contributed by atoms with Crippen LogP contribution < -0.4 is 11.1 Å². The molecule has 198 valence electrons. The fourth-order valence-corrected chi connectivity index (χ4v) is 5.84. The van der Waals surface area contributed by atoms with E-state index >= 15 is 0 Å². The summed E-state index contributed by atoms with van der Waals surface area (Å²) >= 11 is 0. The van der Waals surface area contributed by atoms with Crippen LogP contribution in [-0.2, 0) is 20.8 Å². The molecule has 4 atom stereocenters. The van der Waals surface area contributed by atoms with E-state index in [4.69, 9.17) is 5.73 Å². The van der Waals surface area contributed by atoms with Gasteiger partial charge in [0.2, 0.25) is 11.7 Å². The summed E-state index contributed by atoms with van der Waals surface area (Å²) in [5.41, 5.74) is 2.01. The second kappa shape index (κ2) is 8.98. The number of nitrogens with one attached hydrogen (secondary N) is 1. The number of amides is 2. The third kappa shape index (κ3) is 3.88. The van der Waals surface area contributed by atoms with Gasteiger partial charge in [-0.3, -0.25) is 24.1 Å². The Morgan fingerprint density at radius 3 is 2.35 bits per heavy atom. The molecule has 0 bridgehead atoms. The van der Waals surface area contributed by atoms with Gasteiger partial charge in [-0.25, -0.2) is 0 Å². The molecule has 0 unspecified atom stereocenters. The number of benzene rings is 1. The van der Waals surface area contributed by atoms with Crippen LogP contribution in [0.15, 0.2) is 34.8 Å². The molecule has 1 aromatic rings. The highest BCUT2D eigenvalue weighted by atomic mass is 16.3. The van der Waals surface area contributed by atoms with Gasteiger partial charge in [-0.05, 0) is 64.6 Å². The van der Waals surface area contributed by atoms with Crippen LogP contribution in [0, 0.1) is 11.8 Å². The molecule has 0 aromatic heterocycles. The number of phenolic OH excluding ortho intramolecular Hbond substituents is 1. The summed E-state index contributed by atoms with van der Waals surface area (Å²) in [5.74, 6) is -7.54. The van der Waals surface area contributed by atoms with Gasteiger partial charge in [-0.1, -0.05) is 0 Å². The number of primary amides is 1. The Hall–Kier alpha value is -3.74. The van der Waals surface area contributed by atoms with Crippen molar-refractivity contribution in [1.82, 2.24) is 9.80 Å². The molecular formula is C25H30N4O8. The number of rotatable bonds is 5. The minimum Gasteiger partial charge on any atom is -0.510 e. The Bertz CT molecular complexity index is 1300. The fourth-order valence-electron chi connectivity index (χ4n) is 5.84. The van der Waals surface area contributed by atoms with Crippen LogP contribution in [0.2, 0.25) is 0 Å². The molecule has 37 heavy (non-hydrogen) atoms. The number of nitrogens with two attached hydrogens (primary N) is 1. The summed E-state index contributed by atoms with van der Waals surface area (Å²) in [6.45, 7) is 0.0779. The molecule has 1 aromatic carbocycles. The zero-order valence-corrected chi connectivity index (χ0v) is 20.9. The van der Waals surface area contributed by atoms with E-state index < -0.39 is 63.8 Å². The number of hydrogen-bond donors (Lipinski definition) is 6. The second-order valence-electron chi connectivity index (χ2n) is 10.2. The first-order valence-electron chi connectivity index (χ1n) is 11.7. The van der Waals surface area contributed by atoms with Crippen molar-refractivity contribution in [2.24, 2.45) is 17.6 Å². The van der Waals surface area contributed by atoms with Gasteiger partial charge in [0.25, 0.3) is 5.91 Å². The average Bonchev–Trinajstić information content (AvgIpc) is 2.77. The fraction of sp³-hybridized carbons (Fsp3) is 0.440. The van der Waals surface area contributed by atoms with Crippen LogP contribution in [0.1, 0.15) is 22.3 Å². The number of likely N-dealkylation sites (N-methyl/N-ethyl adjacent to an activating group) is 2. The quantitative estimate of drug-likeness (QED) is 0.223. The lowest BCUT2D eigenvalue weighted by Gasteiger charge is -2.50. The Morgan fingerprint density at radius 2 is 1.78 bits per heavy atom. The van der Waals surface area contributed by atoms with E-state index in [1.807, 2.05) is 0 Å². The number of fused-ring (bicyclic) bond motifs is 3. The minimum atomic E-state index is -2.70. The number of nitrogens with zero attached hydrogens (tertiary/aromatic N) is 2. The summed E-state index contributed by atoms with van der Waals surface area (Å²) in [6, 6.07) is 1.64. The zero-order chi connectivity index (χ0) is 27.6. The molecule has 3 aliphatic carbocycles. The smallest absolute Gasteiger partial charge is 0.255 e. The highest BCUT2D eigenvalue weighted by Gasteiger charge is 2.63. The summed E-state index contributed by atoms with van der Waals surface area (Å²) < 4.78 is 0. The molecule has 0 heterocycles. The lowest BCUT2D eigenvalue weighted by Crippen LogP contribution is -2.63. The first kappa shape index (κ1) is 26.3. The summed E-state index contributed by atoms with van der Waals surface area (Å²) in [6.07, 6.45) is 0.0486. The van der Waals surface area contributed by atoms with Gasteiger partial charge in [0, 0.05) is 17.2 Å². The standard InChI is InChI=1S/C25H30N4O8/c1-28(2)9-15(31)27-13-5-6-14(30)17-11(13)7-10-8-12-19(29(3)4)21(33)18(24(26)36)23(35)25(12,37)22(34)16(10)20(17)32/h5-6,10,12,19,30,33-34,37H,7-9H2,1-4H3,(H2,26,36)(H,27,31)/t10-,12-,19-,25-/m0/s1. The molecular weight excluding hydrogens is 484 g/mol. The van der Waals surface area contributed by atoms with E-state index in [0.717, 1.165) is 0 Å². The number of anilines is 1. The van der Waals surface area contributed by atoms with Gasteiger partial charge in [-0.15, -0.1) is 0 Å². The summed E-state index contributed by atoms with van der Waals surface area (Å²) in [7, 11) is 6.56. The largest absolute Gasteiger partial charge is 0.510 e. The number of ketones is 2. The molecule has 0 saturated carbocycles. The number of aliphatic hydroxyl groups is 3. The molecule has 7 N–H and O–H groups in total. The highest BCUT2D eigenvalue weighted by molar-refractivity contribution is 6.25. The van der Waals surface area contributed by atoms with E-state index in [-0.39, 0.29) is 36.4 Å². The molecule has 0 fully saturated rings. The van der Waals surface area contributed by atoms with Gasteiger partial charge in [-0.2, -0.15) is 0 Å². The number of carbonyl (C=O) groups is 4. The van der Waals surface area contributed by atoms with E-state index in [9.17, 15) is 39.6 Å². The lowest BCUT2D eigenvalue weighted by atomic mass is 9.58. The normalized spacial score (nSPS) is 27.3. The van der Waals surface area contributed by atoms with E-state index in [1.165, 1.54) is 17.0 Å². The third-order valence-electron chi connectivity index (χ3n) is 7.34. The van der Waals surface area contributed by atoms with E-state index in [0.29, 0.717) is 11.3 Å². The van der Waals surface area contributed by atoms with E-state index in [2.05, 4.69) is 5.32 Å². The van der Waals surface area contributed by atoms with Crippen LogP contribution in [0.5, 0.6) is 5.75 Å². The molecule has 12 heteroatoms. The van der Waals surface area contributed by atoms with Crippen molar-refractivity contribution in [3.05, 3.63) is 45.9 Å². The predicted octanol–water partition coefficient (Wildman–Crippen LogP) is -0.379. The molecule has 0 spiro atoms. The third-order valence-corrected chi connectivity index (χ3v) is 7.34. The Kier molecular flexibility index (Phi) is 6.39. The Labute approximate surface area is 212 Å². The van der Waals surface area contributed by atoms with Crippen LogP contribution in [-0.4, -0.2) is 100.0 Å². The SMILES string of the molecule is CN(C)CC(=O)Nc1ccc(O)c2c1C[C@H]1C[C@H]3[C@H](N(C)C)C(O)=C(C(N)=O)C(=O)[C@@]3(O)C(O)=C1C2=O. The number of aliphatic hydroxyl groups excluding tert-OH is 2. The first-order chi connectivity index (χ1) is 17.2. The maximum atomic E-state index is 13.6. The van der Waals surface area contributed by atoms with Gasteiger partial charge < -0.3 is 36.4 Å². The molecule has 2 amide bonds. The average molecular weight is 515 g/mol. The monoisotopic (exact) mass is 514 g/mol. The minimum absolute atomic E-state index is 0.0352. The van der Waals surface area contributed by atoms with Crippen molar-refractivity contribution in [3.8, 4) is 5.75 Å². The summed E-state index contributed by atoms with van der Waals surface area (Å²) in [4.78, 5) is 54.5. The molecule has 0 aliphatic heterocycles. The molecule has 3 aliphatic rings. The number of allylic oxidation sites excluding steroid dienone is 1. The second-order valence-corrected chi connectivity index (χ2v) is 10.2. The lowest BCUT2D eigenvalue weighted by molar-refractivity contribution is -0.148. The highest BCUT2D eigenvalue weighted by Crippen LogP contribution is 2.52. The number of hydrogen-bond acceptors (Lipinski definition) is 10. The van der Waals surface area contributed by atoms with Crippen molar-refractivity contribution < 1.29 is 39.6 Å². The topological polar surface area (TPSA) is 194 Å². The molecule has 0 radical (unpaired) electrons.